The van der Waals surface area contributed by atoms with Crippen LogP contribution in [0.1, 0.15) is 48.0 Å². The maximum absolute atomic E-state index is 6.20. The van der Waals surface area contributed by atoms with Gasteiger partial charge in [-0.2, -0.15) is 0 Å². The van der Waals surface area contributed by atoms with Gasteiger partial charge in [-0.1, -0.05) is 32.9 Å². The first-order valence-corrected chi connectivity index (χ1v) is 10.3. The zero-order valence-corrected chi connectivity index (χ0v) is 15.9. The van der Waals surface area contributed by atoms with Gasteiger partial charge in [-0.3, -0.25) is 0 Å². The molecule has 0 amide bonds. The topological polar surface area (TPSA) is 27.7 Å². The zero-order valence-electron chi connectivity index (χ0n) is 14.9. The number of rotatable bonds is 8. The normalized spacial score (nSPS) is 15.2. The molecule has 1 unspecified atom stereocenters. The minimum Gasteiger partial charge on any atom is -0.417 e. The molecule has 20 heavy (non-hydrogen) atoms. The lowest BCUT2D eigenvalue weighted by Crippen LogP contribution is -2.42. The molecular formula is C16H34O3Si. The Kier molecular flexibility index (Phi) is 7.15. The first-order chi connectivity index (χ1) is 8.82. The van der Waals surface area contributed by atoms with E-state index in [0.29, 0.717) is 6.61 Å². The average molecular weight is 303 g/mol. The Morgan fingerprint density at radius 1 is 1.15 bits per heavy atom. The van der Waals surface area contributed by atoms with Crippen LogP contribution in [0, 0.1) is 0 Å². The molecule has 0 aliphatic carbocycles. The summed E-state index contributed by atoms with van der Waals surface area (Å²) < 4.78 is 17.5. The maximum atomic E-state index is 6.20. The highest BCUT2D eigenvalue weighted by molar-refractivity contribution is 6.74. The van der Waals surface area contributed by atoms with Crippen LogP contribution in [0.3, 0.4) is 0 Å². The van der Waals surface area contributed by atoms with Gasteiger partial charge in [-0.15, -0.1) is 0 Å². The highest BCUT2D eigenvalue weighted by atomic mass is 28.4. The Labute approximate surface area is 126 Å². The van der Waals surface area contributed by atoms with E-state index in [2.05, 4.69) is 40.4 Å². The molecule has 0 aliphatic rings. The summed E-state index contributed by atoms with van der Waals surface area (Å²) in [5.74, 6) is -0.597. The van der Waals surface area contributed by atoms with E-state index in [1.807, 2.05) is 20.8 Å². The van der Waals surface area contributed by atoms with Crippen molar-refractivity contribution in [2.24, 2.45) is 0 Å². The van der Waals surface area contributed by atoms with Crippen molar-refractivity contribution in [1.29, 1.82) is 0 Å². The standard InChI is InChI=1S/C16H34O3Si/c1-13(2)14(19-16(6,7)17-8)11-12-18-20(9,10)15(3,4)5/h14H,1,11-12H2,2-10H3. The molecule has 0 heterocycles. The molecule has 0 saturated carbocycles. The fraction of sp³-hybridized carbons (Fsp3) is 0.875. The Hall–Kier alpha value is -0.163. The van der Waals surface area contributed by atoms with E-state index >= 15 is 0 Å². The first-order valence-electron chi connectivity index (χ1n) is 7.35. The van der Waals surface area contributed by atoms with Crippen LogP contribution in [0.4, 0.5) is 0 Å². The van der Waals surface area contributed by atoms with Gasteiger partial charge in [0.15, 0.2) is 14.1 Å². The van der Waals surface area contributed by atoms with Gasteiger partial charge in [-0.05, 0) is 45.3 Å². The van der Waals surface area contributed by atoms with Crippen molar-refractivity contribution >= 4 is 8.32 Å². The molecule has 4 heteroatoms. The van der Waals surface area contributed by atoms with Crippen LogP contribution < -0.4 is 0 Å². The van der Waals surface area contributed by atoms with E-state index in [4.69, 9.17) is 13.9 Å². The number of hydrogen-bond acceptors (Lipinski definition) is 3. The van der Waals surface area contributed by atoms with Gasteiger partial charge in [0.1, 0.15) is 0 Å². The molecule has 0 aromatic carbocycles. The predicted octanol–water partition coefficient (Wildman–Crippen LogP) is 4.74. The Bertz CT molecular complexity index is 316. The van der Waals surface area contributed by atoms with E-state index in [9.17, 15) is 0 Å². The van der Waals surface area contributed by atoms with Gasteiger partial charge < -0.3 is 13.9 Å². The van der Waals surface area contributed by atoms with Crippen LogP contribution in [0.5, 0.6) is 0 Å². The third-order valence-corrected chi connectivity index (χ3v) is 8.65. The Morgan fingerprint density at radius 2 is 1.65 bits per heavy atom. The van der Waals surface area contributed by atoms with Gasteiger partial charge in [-0.25, -0.2) is 0 Å². The van der Waals surface area contributed by atoms with Crippen LogP contribution >= 0.6 is 0 Å². The molecule has 0 spiro atoms. The van der Waals surface area contributed by atoms with Gasteiger partial charge in [0.2, 0.25) is 0 Å². The highest BCUT2D eigenvalue weighted by Gasteiger charge is 2.37. The van der Waals surface area contributed by atoms with E-state index in [0.717, 1.165) is 12.0 Å². The second-order valence-corrected chi connectivity index (χ2v) is 12.3. The largest absolute Gasteiger partial charge is 0.417 e. The molecule has 1 atom stereocenters. The molecule has 0 aliphatic heterocycles. The minimum absolute atomic E-state index is 0.0327. The summed E-state index contributed by atoms with van der Waals surface area (Å²) in [6.07, 6.45) is 0.781. The Balaban J connectivity index is 4.49. The molecule has 0 saturated heterocycles. The summed E-state index contributed by atoms with van der Waals surface area (Å²) in [5.41, 5.74) is 1.01. The highest BCUT2D eigenvalue weighted by Crippen LogP contribution is 2.36. The molecule has 120 valence electrons. The molecule has 0 aromatic heterocycles. The lowest BCUT2D eigenvalue weighted by atomic mass is 10.1. The van der Waals surface area contributed by atoms with Crippen molar-refractivity contribution in [3.05, 3.63) is 12.2 Å². The lowest BCUT2D eigenvalue weighted by molar-refractivity contribution is -0.217. The fourth-order valence-corrected chi connectivity index (χ4v) is 2.50. The van der Waals surface area contributed by atoms with E-state index < -0.39 is 14.1 Å². The van der Waals surface area contributed by atoms with Crippen molar-refractivity contribution in [2.45, 2.75) is 78.0 Å². The fourth-order valence-electron chi connectivity index (χ4n) is 1.43. The smallest absolute Gasteiger partial charge is 0.191 e. The zero-order chi connectivity index (χ0) is 16.2. The third-order valence-electron chi connectivity index (χ3n) is 4.12. The lowest BCUT2D eigenvalue weighted by Gasteiger charge is -2.37. The van der Waals surface area contributed by atoms with E-state index in [-0.39, 0.29) is 11.1 Å². The molecule has 0 bridgehead atoms. The first kappa shape index (κ1) is 19.8. The number of ether oxygens (including phenoxy) is 2. The second kappa shape index (κ2) is 7.21. The summed E-state index contributed by atoms with van der Waals surface area (Å²) in [6, 6.07) is 0. The summed E-state index contributed by atoms with van der Waals surface area (Å²) in [7, 11) is -0.0356. The SMILES string of the molecule is C=C(C)C(CCO[Si](C)(C)C(C)(C)C)OC(C)(C)OC. The number of methoxy groups -OCH3 is 1. The number of hydrogen-bond donors (Lipinski definition) is 0. The van der Waals surface area contributed by atoms with Crippen molar-refractivity contribution in [3.63, 3.8) is 0 Å². The maximum Gasteiger partial charge on any atom is 0.191 e. The molecule has 0 N–H and O–H groups in total. The van der Waals surface area contributed by atoms with Crippen LogP contribution in [0.25, 0.3) is 0 Å². The van der Waals surface area contributed by atoms with Crippen molar-refractivity contribution in [3.8, 4) is 0 Å². The summed E-state index contributed by atoms with van der Waals surface area (Å²) >= 11 is 0. The quantitative estimate of drug-likeness (QED) is 0.368. The molecule has 0 fully saturated rings. The van der Waals surface area contributed by atoms with Crippen LogP contribution in [0.15, 0.2) is 12.2 Å². The monoisotopic (exact) mass is 302 g/mol. The second-order valence-electron chi connectivity index (χ2n) is 7.45. The molecule has 3 nitrogen and oxygen atoms in total. The minimum atomic E-state index is -1.69. The van der Waals surface area contributed by atoms with Crippen molar-refractivity contribution < 1.29 is 13.9 Å². The van der Waals surface area contributed by atoms with Gasteiger partial charge in [0, 0.05) is 13.7 Å². The van der Waals surface area contributed by atoms with Crippen molar-refractivity contribution in [1.82, 2.24) is 0 Å². The summed E-state index contributed by atoms with van der Waals surface area (Å²) in [6.45, 7) is 21.8. The van der Waals surface area contributed by atoms with Crippen LogP contribution in [-0.4, -0.2) is 33.9 Å². The van der Waals surface area contributed by atoms with Crippen LogP contribution in [-0.2, 0) is 13.9 Å². The third kappa shape index (κ3) is 6.53. The van der Waals surface area contributed by atoms with Gasteiger partial charge >= 0.3 is 0 Å². The molecule has 0 radical (unpaired) electrons. The molecule has 0 aromatic rings. The van der Waals surface area contributed by atoms with Crippen molar-refractivity contribution in [2.75, 3.05) is 13.7 Å². The molecule has 0 rings (SSSR count). The summed E-state index contributed by atoms with van der Waals surface area (Å²) in [4.78, 5) is 0. The van der Waals surface area contributed by atoms with E-state index in [1.54, 1.807) is 7.11 Å². The predicted molar refractivity (Wildman–Crippen MR) is 88.5 cm³/mol. The van der Waals surface area contributed by atoms with Crippen LogP contribution in [0.2, 0.25) is 18.1 Å². The Morgan fingerprint density at radius 3 is 2.00 bits per heavy atom. The van der Waals surface area contributed by atoms with Gasteiger partial charge in [0.25, 0.3) is 0 Å². The van der Waals surface area contributed by atoms with E-state index in [1.165, 1.54) is 0 Å². The van der Waals surface area contributed by atoms with Gasteiger partial charge in [0.05, 0.1) is 6.10 Å². The summed E-state index contributed by atoms with van der Waals surface area (Å²) in [5, 5.41) is 0.235. The average Bonchev–Trinajstić information content (AvgIpc) is 2.25. The molecular weight excluding hydrogens is 268 g/mol.